The Morgan fingerprint density at radius 2 is 1.30 bits per heavy atom. The van der Waals surface area contributed by atoms with Gasteiger partial charge in [-0.15, -0.1) is 0 Å². The maximum absolute atomic E-state index is 12.9. The second kappa shape index (κ2) is 15.1. The van der Waals surface area contributed by atoms with E-state index >= 15 is 0 Å². The van der Waals surface area contributed by atoms with Gasteiger partial charge in [0.2, 0.25) is 0 Å². The van der Waals surface area contributed by atoms with Crippen LogP contribution in [-0.4, -0.2) is 28.6 Å². The van der Waals surface area contributed by atoms with Gasteiger partial charge in [0.05, 0.1) is 18.8 Å². The molecule has 6 rings (SSSR count). The third-order valence-corrected chi connectivity index (χ3v) is 8.51. The lowest BCUT2D eigenvalue weighted by atomic mass is 9.89. The predicted molar refractivity (Wildman–Crippen MR) is 181 cm³/mol. The molecule has 0 unspecified atom stereocenters. The van der Waals surface area contributed by atoms with Crippen LogP contribution in [0, 0.1) is 5.92 Å². The van der Waals surface area contributed by atoms with Crippen LogP contribution in [0.1, 0.15) is 57.5 Å². The second-order valence-electron chi connectivity index (χ2n) is 11.9. The molecule has 46 heavy (non-hydrogen) atoms. The molecule has 5 aromatic rings. The number of nitrogens with one attached hydrogen (secondary N) is 1. The highest BCUT2D eigenvalue weighted by molar-refractivity contribution is 6.04. The fourth-order valence-corrected chi connectivity index (χ4v) is 6.01. The first-order valence-electron chi connectivity index (χ1n) is 15.8. The van der Waals surface area contributed by atoms with Crippen molar-refractivity contribution in [3.63, 3.8) is 0 Å². The molecule has 2 N–H and O–H groups in total. The molecule has 1 amide bonds. The Balaban J connectivity index is 1.28. The molecule has 0 saturated carbocycles. The van der Waals surface area contributed by atoms with Crippen molar-refractivity contribution in [1.82, 2.24) is 4.90 Å². The topological polar surface area (TPSA) is 71.0 Å². The van der Waals surface area contributed by atoms with Gasteiger partial charge in [-0.05, 0) is 46.5 Å². The molecule has 1 fully saturated rings. The highest BCUT2D eigenvalue weighted by Gasteiger charge is 2.39. The van der Waals surface area contributed by atoms with E-state index < -0.39 is 6.29 Å². The fourth-order valence-electron chi connectivity index (χ4n) is 6.01. The SMILES string of the molecule is C[C@@H]1[C@H](CN(Cc2ccccc2)Cc2ccccc2)O[C@H](c2cccc(NC(=O)c3ccccc3)c2)O[C@@H]1c1ccc(CO)cc1. The number of aliphatic hydroxyl groups is 1. The minimum absolute atomic E-state index is 0.00879. The Bertz CT molecular complexity index is 1640. The van der Waals surface area contributed by atoms with Gasteiger partial charge in [-0.25, -0.2) is 0 Å². The van der Waals surface area contributed by atoms with E-state index in [2.05, 4.69) is 65.7 Å². The first kappa shape index (κ1) is 31.4. The smallest absolute Gasteiger partial charge is 0.255 e. The van der Waals surface area contributed by atoms with Gasteiger partial charge in [-0.1, -0.05) is 122 Å². The molecule has 234 valence electrons. The summed E-state index contributed by atoms with van der Waals surface area (Å²) in [5.74, 6) is -0.139. The molecule has 1 saturated heterocycles. The third kappa shape index (κ3) is 7.97. The quantitative estimate of drug-likeness (QED) is 0.159. The van der Waals surface area contributed by atoms with Crippen LogP contribution < -0.4 is 5.32 Å². The van der Waals surface area contributed by atoms with E-state index in [1.807, 2.05) is 78.9 Å². The van der Waals surface area contributed by atoms with Gasteiger partial charge < -0.3 is 19.9 Å². The Morgan fingerprint density at radius 1 is 0.696 bits per heavy atom. The summed E-state index contributed by atoms with van der Waals surface area (Å²) in [6, 6.07) is 45.9. The Morgan fingerprint density at radius 3 is 1.91 bits per heavy atom. The lowest BCUT2D eigenvalue weighted by molar-refractivity contribution is -0.276. The van der Waals surface area contributed by atoms with E-state index in [9.17, 15) is 9.90 Å². The first-order valence-corrected chi connectivity index (χ1v) is 15.8. The van der Waals surface area contributed by atoms with E-state index in [-0.39, 0.29) is 30.6 Å². The van der Waals surface area contributed by atoms with Gasteiger partial charge >= 0.3 is 0 Å². The molecule has 0 spiro atoms. The molecule has 1 heterocycles. The van der Waals surface area contributed by atoms with Crippen LogP contribution in [0.15, 0.2) is 140 Å². The second-order valence-corrected chi connectivity index (χ2v) is 11.9. The number of rotatable bonds is 11. The van der Waals surface area contributed by atoms with Crippen molar-refractivity contribution in [2.45, 2.75) is 45.1 Å². The van der Waals surface area contributed by atoms with E-state index in [4.69, 9.17) is 9.47 Å². The molecule has 4 atom stereocenters. The number of aliphatic hydroxyl groups excluding tert-OH is 1. The van der Waals surface area contributed by atoms with Gasteiger partial charge in [-0.2, -0.15) is 0 Å². The van der Waals surface area contributed by atoms with Crippen LogP contribution in [-0.2, 0) is 29.2 Å². The number of hydrogen-bond donors (Lipinski definition) is 2. The molecule has 0 bridgehead atoms. The number of benzene rings is 5. The van der Waals surface area contributed by atoms with E-state index in [0.29, 0.717) is 17.8 Å². The van der Waals surface area contributed by atoms with Crippen molar-refractivity contribution in [2.75, 3.05) is 11.9 Å². The fraction of sp³-hybridized carbons (Fsp3) is 0.225. The van der Waals surface area contributed by atoms with Gasteiger partial charge in [0.25, 0.3) is 5.91 Å². The molecule has 5 aromatic carbocycles. The molecule has 1 aliphatic rings. The summed E-state index contributed by atoms with van der Waals surface area (Å²) in [6.45, 7) is 4.44. The lowest BCUT2D eigenvalue weighted by Gasteiger charge is -2.43. The van der Waals surface area contributed by atoms with Crippen molar-refractivity contribution in [1.29, 1.82) is 0 Å². The van der Waals surface area contributed by atoms with Crippen LogP contribution in [0.25, 0.3) is 0 Å². The summed E-state index contributed by atoms with van der Waals surface area (Å²) in [4.78, 5) is 15.4. The predicted octanol–water partition coefficient (Wildman–Crippen LogP) is 7.93. The minimum Gasteiger partial charge on any atom is -0.392 e. The van der Waals surface area contributed by atoms with Crippen molar-refractivity contribution < 1.29 is 19.4 Å². The zero-order chi connectivity index (χ0) is 31.7. The van der Waals surface area contributed by atoms with Crippen molar-refractivity contribution in [3.8, 4) is 0 Å². The van der Waals surface area contributed by atoms with Crippen LogP contribution in [0.4, 0.5) is 5.69 Å². The zero-order valence-electron chi connectivity index (χ0n) is 26.0. The molecular weight excluding hydrogens is 572 g/mol. The average Bonchev–Trinajstić information content (AvgIpc) is 3.10. The summed E-state index contributed by atoms with van der Waals surface area (Å²) < 4.78 is 13.5. The van der Waals surface area contributed by atoms with Crippen molar-refractivity contribution in [3.05, 3.63) is 173 Å². The highest BCUT2D eigenvalue weighted by atomic mass is 16.7. The van der Waals surface area contributed by atoms with Gasteiger partial charge in [-0.3, -0.25) is 9.69 Å². The molecular formula is C40H40N2O4. The number of nitrogens with zero attached hydrogens (tertiary/aromatic N) is 1. The molecule has 6 heteroatoms. The molecule has 1 aliphatic heterocycles. The number of amides is 1. The minimum atomic E-state index is -0.646. The third-order valence-electron chi connectivity index (χ3n) is 8.51. The number of carbonyl (C=O) groups excluding carboxylic acids is 1. The standard InChI is InChI=1S/C40H40N2O4/c1-29-37(27-42(25-30-12-5-2-6-13-30)26-31-14-7-3-8-15-31)45-40(46-38(29)33-22-20-32(28-43)21-23-33)35-18-11-19-36(24-35)41-39(44)34-16-9-4-10-17-34/h2-24,29,37-38,40,43H,25-28H2,1H3,(H,41,44)/t29-,37+,38+,40+/m1/s1. The zero-order valence-corrected chi connectivity index (χ0v) is 26.0. The maximum atomic E-state index is 12.9. The van der Waals surface area contributed by atoms with Gasteiger partial charge in [0.15, 0.2) is 6.29 Å². The van der Waals surface area contributed by atoms with E-state index in [1.165, 1.54) is 11.1 Å². The molecule has 6 nitrogen and oxygen atoms in total. The number of ether oxygens (including phenoxy) is 2. The van der Waals surface area contributed by atoms with E-state index in [0.717, 1.165) is 29.8 Å². The Kier molecular flexibility index (Phi) is 10.3. The lowest BCUT2D eigenvalue weighted by Crippen LogP contribution is -2.44. The normalized spacial score (nSPS) is 19.5. The van der Waals surface area contributed by atoms with Crippen molar-refractivity contribution >= 4 is 11.6 Å². The Hall–Kier alpha value is -4.59. The van der Waals surface area contributed by atoms with Crippen LogP contribution >= 0.6 is 0 Å². The van der Waals surface area contributed by atoms with E-state index in [1.54, 1.807) is 12.1 Å². The van der Waals surface area contributed by atoms with Crippen molar-refractivity contribution in [2.24, 2.45) is 5.92 Å². The summed E-state index contributed by atoms with van der Waals surface area (Å²) in [5, 5.41) is 12.7. The van der Waals surface area contributed by atoms with Gasteiger partial charge in [0.1, 0.15) is 0 Å². The number of hydrogen-bond acceptors (Lipinski definition) is 5. The highest BCUT2D eigenvalue weighted by Crippen LogP contribution is 2.42. The Labute approximate surface area is 271 Å². The summed E-state index contributed by atoms with van der Waals surface area (Å²) in [7, 11) is 0. The van der Waals surface area contributed by atoms with Crippen LogP contribution in [0.3, 0.4) is 0 Å². The summed E-state index contributed by atoms with van der Waals surface area (Å²) >= 11 is 0. The molecule has 0 aliphatic carbocycles. The summed E-state index contributed by atoms with van der Waals surface area (Å²) in [6.07, 6.45) is -1.04. The van der Waals surface area contributed by atoms with Crippen LogP contribution in [0.2, 0.25) is 0 Å². The monoisotopic (exact) mass is 612 g/mol. The maximum Gasteiger partial charge on any atom is 0.255 e. The number of anilines is 1. The molecule has 0 aromatic heterocycles. The van der Waals surface area contributed by atoms with Crippen LogP contribution in [0.5, 0.6) is 0 Å². The molecule has 0 radical (unpaired) electrons. The average molecular weight is 613 g/mol. The van der Waals surface area contributed by atoms with Gasteiger partial charge in [0, 0.05) is 42.4 Å². The number of carbonyl (C=O) groups is 1. The largest absolute Gasteiger partial charge is 0.392 e. The summed E-state index contributed by atoms with van der Waals surface area (Å²) in [5.41, 5.74) is 6.48. The first-order chi connectivity index (χ1) is 22.6.